The molecule has 0 aromatic heterocycles. The molecule has 0 bridgehead atoms. The third kappa shape index (κ3) is 4.58. The fraction of sp³-hybridized carbons (Fsp3) is 0.357. The topological polar surface area (TPSA) is 55.4 Å². The van der Waals surface area contributed by atoms with E-state index >= 15 is 0 Å². The second-order valence-corrected chi connectivity index (χ2v) is 8.14. The van der Waals surface area contributed by atoms with E-state index in [0.717, 1.165) is 44.9 Å². The average molecular weight is 467 g/mol. The van der Waals surface area contributed by atoms with Crippen LogP contribution in [0.2, 0.25) is 0 Å². The average Bonchev–Trinajstić information content (AvgIpc) is 2.84. The number of benzene rings is 3. The van der Waals surface area contributed by atoms with Crippen LogP contribution in [0.5, 0.6) is 34.5 Å². The summed E-state index contributed by atoms with van der Waals surface area (Å²) >= 11 is 0. The molecule has 1 unspecified atom stereocenters. The summed E-state index contributed by atoms with van der Waals surface area (Å²) in [6, 6.07) is 11.8. The summed E-state index contributed by atoms with van der Waals surface area (Å²) in [7, 11) is 9.91. The van der Waals surface area contributed by atoms with E-state index in [1.165, 1.54) is 0 Å². The molecule has 3 aromatic rings. The Morgan fingerprint density at radius 2 is 0.824 bits per heavy atom. The Labute approximate surface area is 202 Å². The van der Waals surface area contributed by atoms with E-state index in [4.69, 9.17) is 28.4 Å². The lowest BCUT2D eigenvalue weighted by atomic mass is 9.79. The molecule has 0 saturated carbocycles. The molecule has 3 rings (SSSR count). The zero-order chi connectivity index (χ0) is 25.0. The van der Waals surface area contributed by atoms with Crippen molar-refractivity contribution >= 4 is 0 Å². The maximum Gasteiger partial charge on any atom is 0.130 e. The highest BCUT2D eigenvalue weighted by Gasteiger charge is 2.33. The minimum Gasteiger partial charge on any atom is -0.497 e. The zero-order valence-corrected chi connectivity index (χ0v) is 21.5. The van der Waals surface area contributed by atoms with Crippen LogP contribution in [-0.2, 0) is 0 Å². The predicted octanol–water partition coefficient (Wildman–Crippen LogP) is 5.84. The molecule has 6 nitrogen and oxygen atoms in total. The monoisotopic (exact) mass is 466 g/mol. The third-order valence-electron chi connectivity index (χ3n) is 6.11. The van der Waals surface area contributed by atoms with Gasteiger partial charge in [-0.25, -0.2) is 0 Å². The molecular formula is C28H34O6. The summed E-state index contributed by atoms with van der Waals surface area (Å²) in [5, 5.41) is 0. The molecule has 0 aliphatic heterocycles. The maximum atomic E-state index is 5.91. The van der Waals surface area contributed by atoms with Crippen molar-refractivity contribution in [1.29, 1.82) is 0 Å². The molecule has 0 fully saturated rings. The smallest absolute Gasteiger partial charge is 0.130 e. The van der Waals surface area contributed by atoms with Crippen molar-refractivity contribution in [2.75, 3.05) is 42.7 Å². The number of ether oxygens (including phenoxy) is 6. The van der Waals surface area contributed by atoms with Crippen molar-refractivity contribution in [2.24, 2.45) is 0 Å². The van der Waals surface area contributed by atoms with E-state index in [9.17, 15) is 0 Å². The van der Waals surface area contributed by atoms with E-state index in [-0.39, 0.29) is 5.92 Å². The number of hydrogen-bond acceptors (Lipinski definition) is 6. The summed E-state index contributed by atoms with van der Waals surface area (Å²) in [5.74, 6) is 3.79. The molecule has 0 N–H and O–H groups in total. The molecule has 0 aliphatic carbocycles. The van der Waals surface area contributed by atoms with Gasteiger partial charge in [0, 0.05) is 40.8 Å². The summed E-state index contributed by atoms with van der Waals surface area (Å²) < 4.78 is 34.6. The summed E-state index contributed by atoms with van der Waals surface area (Å²) in [6.45, 7) is 6.19. The number of aryl methyl sites for hydroxylation is 3. The minimum absolute atomic E-state index is 0.327. The summed E-state index contributed by atoms with van der Waals surface area (Å²) in [6.07, 6.45) is 0. The van der Waals surface area contributed by atoms with Crippen molar-refractivity contribution in [1.82, 2.24) is 0 Å². The van der Waals surface area contributed by atoms with Gasteiger partial charge in [-0.15, -0.1) is 0 Å². The van der Waals surface area contributed by atoms with Crippen molar-refractivity contribution < 1.29 is 28.4 Å². The second kappa shape index (κ2) is 10.6. The maximum absolute atomic E-state index is 5.91. The lowest BCUT2D eigenvalue weighted by Crippen LogP contribution is -2.14. The van der Waals surface area contributed by atoms with E-state index < -0.39 is 0 Å². The molecule has 0 spiro atoms. The van der Waals surface area contributed by atoms with Gasteiger partial charge in [-0.05, 0) is 49.6 Å². The van der Waals surface area contributed by atoms with E-state index in [1.807, 2.05) is 37.3 Å². The molecule has 3 aromatic carbocycles. The number of rotatable bonds is 9. The van der Waals surface area contributed by atoms with Crippen molar-refractivity contribution in [2.45, 2.75) is 26.7 Å². The highest BCUT2D eigenvalue weighted by Crippen LogP contribution is 2.51. The number of methoxy groups -OCH3 is 6. The molecule has 0 aliphatic rings. The summed E-state index contributed by atoms with van der Waals surface area (Å²) in [5.41, 5.74) is 6.02. The van der Waals surface area contributed by atoms with Crippen LogP contribution in [0.1, 0.15) is 39.3 Å². The fourth-order valence-corrected chi connectivity index (χ4v) is 4.62. The molecule has 0 amide bonds. The lowest BCUT2D eigenvalue weighted by molar-refractivity contribution is 0.364. The lowest BCUT2D eigenvalue weighted by Gasteiger charge is -2.29. The highest BCUT2D eigenvalue weighted by atomic mass is 16.5. The first kappa shape index (κ1) is 25.1. The van der Waals surface area contributed by atoms with E-state index in [2.05, 4.69) is 19.9 Å². The van der Waals surface area contributed by atoms with Gasteiger partial charge in [0.2, 0.25) is 0 Å². The normalized spacial score (nSPS) is 11.6. The van der Waals surface area contributed by atoms with Crippen LogP contribution in [0, 0.1) is 20.8 Å². The van der Waals surface area contributed by atoms with Crippen LogP contribution < -0.4 is 28.4 Å². The Hall–Kier alpha value is -3.54. The van der Waals surface area contributed by atoms with Gasteiger partial charge >= 0.3 is 0 Å². The fourth-order valence-electron chi connectivity index (χ4n) is 4.62. The third-order valence-corrected chi connectivity index (χ3v) is 6.11. The van der Waals surface area contributed by atoms with Crippen LogP contribution in [0.15, 0.2) is 36.4 Å². The zero-order valence-electron chi connectivity index (χ0n) is 21.5. The molecular weight excluding hydrogens is 432 g/mol. The van der Waals surface area contributed by atoms with Gasteiger partial charge < -0.3 is 28.4 Å². The SMILES string of the molecule is COc1cc(C)c(C(c2c(C)cc(C)cc2OC)c2c(OC)cc(OC)cc2OC)c(OC)c1. The van der Waals surface area contributed by atoms with Crippen molar-refractivity contribution in [3.8, 4) is 34.5 Å². The van der Waals surface area contributed by atoms with Gasteiger partial charge in [-0.2, -0.15) is 0 Å². The van der Waals surface area contributed by atoms with Gasteiger partial charge in [-0.1, -0.05) is 6.07 Å². The van der Waals surface area contributed by atoms with E-state index in [0.29, 0.717) is 23.0 Å². The Balaban J connectivity index is 2.53. The van der Waals surface area contributed by atoms with Crippen LogP contribution >= 0.6 is 0 Å². The molecule has 0 saturated heterocycles. The molecule has 0 heterocycles. The van der Waals surface area contributed by atoms with Gasteiger partial charge in [0.15, 0.2) is 0 Å². The first-order valence-electron chi connectivity index (χ1n) is 11.0. The van der Waals surface area contributed by atoms with Crippen LogP contribution in [0.3, 0.4) is 0 Å². The quantitative estimate of drug-likeness (QED) is 0.369. The van der Waals surface area contributed by atoms with Crippen molar-refractivity contribution in [3.05, 3.63) is 69.8 Å². The van der Waals surface area contributed by atoms with Crippen LogP contribution in [-0.4, -0.2) is 42.7 Å². The number of hydrogen-bond donors (Lipinski definition) is 0. The molecule has 34 heavy (non-hydrogen) atoms. The second-order valence-electron chi connectivity index (χ2n) is 8.14. The molecule has 0 radical (unpaired) electrons. The van der Waals surface area contributed by atoms with Gasteiger partial charge in [0.05, 0.1) is 42.7 Å². The Bertz CT molecular complexity index is 1140. The molecule has 6 heteroatoms. The standard InChI is InChI=1S/C28H34O6/c1-16-10-17(2)25(21(11-16)31-6)28(26-18(3)12-19(29-4)13-22(26)32-7)27-23(33-8)14-20(30-5)15-24(27)34-9/h10-15,28H,1-9H3. The van der Waals surface area contributed by atoms with E-state index in [1.54, 1.807) is 42.7 Å². The minimum atomic E-state index is -0.327. The highest BCUT2D eigenvalue weighted by molar-refractivity contribution is 5.66. The summed E-state index contributed by atoms with van der Waals surface area (Å²) in [4.78, 5) is 0. The largest absolute Gasteiger partial charge is 0.497 e. The Morgan fingerprint density at radius 3 is 1.26 bits per heavy atom. The first-order valence-corrected chi connectivity index (χ1v) is 11.0. The van der Waals surface area contributed by atoms with Crippen LogP contribution in [0.25, 0.3) is 0 Å². The Kier molecular flexibility index (Phi) is 7.82. The van der Waals surface area contributed by atoms with Crippen LogP contribution in [0.4, 0.5) is 0 Å². The van der Waals surface area contributed by atoms with Gasteiger partial charge in [0.1, 0.15) is 34.5 Å². The Morgan fingerprint density at radius 1 is 0.441 bits per heavy atom. The van der Waals surface area contributed by atoms with Crippen molar-refractivity contribution in [3.63, 3.8) is 0 Å². The molecule has 1 atom stereocenters. The predicted molar refractivity (Wildman–Crippen MR) is 134 cm³/mol. The molecule has 182 valence electrons. The first-order chi connectivity index (χ1) is 16.3. The van der Waals surface area contributed by atoms with Gasteiger partial charge in [0.25, 0.3) is 0 Å². The van der Waals surface area contributed by atoms with Gasteiger partial charge in [-0.3, -0.25) is 0 Å².